The van der Waals surface area contributed by atoms with Crippen molar-refractivity contribution in [3.05, 3.63) is 187 Å². The lowest BCUT2D eigenvalue weighted by Gasteiger charge is -2.29. The molecule has 7 aromatic rings. The van der Waals surface area contributed by atoms with Crippen molar-refractivity contribution in [3.63, 3.8) is 0 Å². The van der Waals surface area contributed by atoms with E-state index in [0.717, 1.165) is 81.3 Å². The molecule has 10 rings (SSSR count). The smallest absolute Gasteiger partial charge is 0.135 e. The summed E-state index contributed by atoms with van der Waals surface area (Å²) in [5.74, 6) is 3.76. The van der Waals surface area contributed by atoms with Crippen LogP contribution in [0.15, 0.2) is 181 Å². The Morgan fingerprint density at radius 3 is 2.12 bits per heavy atom. The lowest BCUT2D eigenvalue weighted by Crippen LogP contribution is -2.14. The van der Waals surface area contributed by atoms with Gasteiger partial charge >= 0.3 is 0 Å². The summed E-state index contributed by atoms with van der Waals surface area (Å²) in [4.78, 5) is 0. The summed E-state index contributed by atoms with van der Waals surface area (Å²) in [5, 5.41) is 2.47. The summed E-state index contributed by atoms with van der Waals surface area (Å²) in [6.45, 7) is 0. The van der Waals surface area contributed by atoms with Gasteiger partial charge in [0.1, 0.15) is 23.0 Å². The molecular weight excluding hydrogens is 623 g/mol. The van der Waals surface area contributed by atoms with Gasteiger partial charge in [0, 0.05) is 51.1 Å². The van der Waals surface area contributed by atoms with Gasteiger partial charge in [-0.2, -0.15) is 0 Å². The number of benzene rings is 6. The van der Waals surface area contributed by atoms with Crippen molar-refractivity contribution in [2.24, 2.45) is 5.92 Å². The normalized spacial score (nSPS) is 16.4. The van der Waals surface area contributed by atoms with Crippen LogP contribution in [0.25, 0.3) is 55.3 Å². The number of rotatable bonds is 3. The van der Waals surface area contributed by atoms with Crippen LogP contribution in [0.1, 0.15) is 24.8 Å². The summed E-state index contributed by atoms with van der Waals surface area (Å²) in [6, 6.07) is 49.5. The predicted octanol–water partition coefficient (Wildman–Crippen LogP) is 12.9. The van der Waals surface area contributed by atoms with E-state index >= 15 is 0 Å². The lowest BCUT2D eigenvalue weighted by molar-refractivity contribution is 0.403. The SMILES string of the molecule is C1=CCC(C2=CCCC3=C2c2ccccc2Oc2ccccc2-c2cc(-c4ccc5c(c4)c4ccccc4n5-c4ccccc4)ccc2O3)C=C1. The summed E-state index contributed by atoms with van der Waals surface area (Å²) >= 11 is 0. The topological polar surface area (TPSA) is 23.4 Å². The standard InChI is InChI=1S/C48H35NO2/c1-3-14-32(15-4-1)36-21-13-25-47-48(36)39-20-9-12-24-45(39)50-44-23-11-8-19-38(44)41-31-34(27-29-46(41)51-47)33-26-28-43-40(30-33)37-18-7-10-22-42(37)49(43)35-16-5-2-6-17-35/h1-12,14,16-24,26-32H,13,15,25H2. The maximum absolute atomic E-state index is 7.12. The number of hydrogen-bond donors (Lipinski definition) is 0. The Hall–Kier alpha value is -6.32. The molecule has 0 bridgehead atoms. The summed E-state index contributed by atoms with van der Waals surface area (Å²) in [6.07, 6.45) is 14.0. The van der Waals surface area contributed by atoms with Gasteiger partial charge in [0.2, 0.25) is 0 Å². The molecule has 1 unspecified atom stereocenters. The van der Waals surface area contributed by atoms with Crippen LogP contribution in [0.3, 0.4) is 0 Å². The monoisotopic (exact) mass is 657 g/mol. The Kier molecular flexibility index (Phi) is 7.09. The van der Waals surface area contributed by atoms with E-state index in [2.05, 4.69) is 168 Å². The number of nitrogens with zero attached hydrogens (tertiary/aromatic N) is 1. The molecule has 1 atom stereocenters. The molecule has 0 fully saturated rings. The Morgan fingerprint density at radius 2 is 1.25 bits per heavy atom. The van der Waals surface area contributed by atoms with Gasteiger partial charge in [-0.1, -0.05) is 115 Å². The van der Waals surface area contributed by atoms with Gasteiger partial charge in [-0.3, -0.25) is 0 Å². The highest BCUT2D eigenvalue weighted by molar-refractivity contribution is 6.10. The third-order valence-corrected chi connectivity index (χ3v) is 10.5. The van der Waals surface area contributed by atoms with E-state index in [-0.39, 0.29) is 5.92 Å². The maximum atomic E-state index is 7.12. The zero-order valence-corrected chi connectivity index (χ0v) is 28.1. The molecule has 1 aromatic heterocycles. The largest absolute Gasteiger partial charge is 0.460 e. The van der Waals surface area contributed by atoms with E-state index in [1.807, 2.05) is 6.07 Å². The van der Waals surface area contributed by atoms with E-state index in [4.69, 9.17) is 9.47 Å². The molecule has 0 saturated heterocycles. The maximum Gasteiger partial charge on any atom is 0.135 e. The summed E-state index contributed by atoms with van der Waals surface area (Å²) in [5.41, 5.74) is 11.4. The number of allylic oxidation sites excluding steroid dienone is 8. The molecule has 3 nitrogen and oxygen atoms in total. The van der Waals surface area contributed by atoms with E-state index in [9.17, 15) is 0 Å². The molecular formula is C48H35NO2. The highest BCUT2D eigenvalue weighted by atomic mass is 16.5. The summed E-state index contributed by atoms with van der Waals surface area (Å²) in [7, 11) is 0. The fourth-order valence-corrected chi connectivity index (χ4v) is 8.11. The second kappa shape index (κ2) is 12.2. The van der Waals surface area contributed by atoms with Gasteiger partial charge in [0.15, 0.2) is 0 Å². The molecule has 2 heterocycles. The predicted molar refractivity (Wildman–Crippen MR) is 209 cm³/mol. The molecule has 0 N–H and O–H groups in total. The van der Waals surface area contributed by atoms with Crippen LogP contribution in [0, 0.1) is 5.92 Å². The van der Waals surface area contributed by atoms with Crippen LogP contribution in [-0.4, -0.2) is 4.57 Å². The highest BCUT2D eigenvalue weighted by Gasteiger charge is 2.29. The first-order valence-corrected chi connectivity index (χ1v) is 17.8. The Labute approximate surface area is 297 Å². The molecule has 1 aliphatic heterocycles. The molecule has 3 heteroatoms. The second-order valence-corrected chi connectivity index (χ2v) is 13.5. The Balaban J connectivity index is 1.15. The van der Waals surface area contributed by atoms with Crippen LogP contribution in [0.2, 0.25) is 0 Å². The molecule has 2 aliphatic carbocycles. The zero-order chi connectivity index (χ0) is 33.7. The van der Waals surface area contributed by atoms with Crippen molar-refractivity contribution in [2.45, 2.75) is 19.3 Å². The van der Waals surface area contributed by atoms with Crippen molar-refractivity contribution in [1.82, 2.24) is 4.57 Å². The molecule has 6 aromatic carbocycles. The van der Waals surface area contributed by atoms with Crippen molar-refractivity contribution in [1.29, 1.82) is 0 Å². The molecule has 0 saturated carbocycles. The van der Waals surface area contributed by atoms with Crippen molar-refractivity contribution in [2.75, 3.05) is 0 Å². The highest BCUT2D eigenvalue weighted by Crippen LogP contribution is 2.49. The molecule has 0 radical (unpaired) electrons. The number of fused-ring (bicyclic) bond motifs is 8. The number of hydrogen-bond acceptors (Lipinski definition) is 2. The van der Waals surface area contributed by atoms with Crippen LogP contribution in [0.5, 0.6) is 17.2 Å². The first kappa shape index (κ1) is 29.6. The molecule has 3 aliphatic rings. The van der Waals surface area contributed by atoms with Crippen LogP contribution in [-0.2, 0) is 0 Å². The first-order valence-electron chi connectivity index (χ1n) is 17.8. The van der Waals surface area contributed by atoms with Crippen LogP contribution < -0.4 is 9.47 Å². The van der Waals surface area contributed by atoms with Gasteiger partial charge in [-0.15, -0.1) is 0 Å². The van der Waals surface area contributed by atoms with E-state index < -0.39 is 0 Å². The van der Waals surface area contributed by atoms with E-state index in [0.29, 0.717) is 0 Å². The van der Waals surface area contributed by atoms with E-state index in [1.165, 1.54) is 27.4 Å². The average Bonchev–Trinajstić information content (AvgIpc) is 3.53. The minimum absolute atomic E-state index is 0.289. The van der Waals surface area contributed by atoms with Crippen molar-refractivity contribution >= 4 is 27.4 Å². The number of ether oxygens (including phenoxy) is 2. The average molecular weight is 658 g/mol. The Bertz CT molecular complexity index is 2620. The third-order valence-electron chi connectivity index (χ3n) is 10.5. The lowest BCUT2D eigenvalue weighted by atomic mass is 9.80. The second-order valence-electron chi connectivity index (χ2n) is 13.5. The van der Waals surface area contributed by atoms with Gasteiger partial charge in [0.05, 0.1) is 11.0 Å². The fraction of sp³-hybridized carbons (Fsp3) is 0.0833. The molecule has 51 heavy (non-hydrogen) atoms. The van der Waals surface area contributed by atoms with Gasteiger partial charge < -0.3 is 14.0 Å². The van der Waals surface area contributed by atoms with Crippen LogP contribution >= 0.6 is 0 Å². The first-order chi connectivity index (χ1) is 25.3. The van der Waals surface area contributed by atoms with Gasteiger partial charge in [-0.25, -0.2) is 0 Å². The minimum Gasteiger partial charge on any atom is -0.460 e. The van der Waals surface area contributed by atoms with Crippen LogP contribution in [0.4, 0.5) is 0 Å². The van der Waals surface area contributed by atoms with Gasteiger partial charge in [0.25, 0.3) is 0 Å². The van der Waals surface area contributed by atoms with Crippen molar-refractivity contribution < 1.29 is 9.47 Å². The quantitative estimate of drug-likeness (QED) is 0.189. The van der Waals surface area contributed by atoms with E-state index in [1.54, 1.807) is 0 Å². The van der Waals surface area contributed by atoms with Gasteiger partial charge in [-0.05, 0) is 84.1 Å². The fourth-order valence-electron chi connectivity index (χ4n) is 8.11. The van der Waals surface area contributed by atoms with Crippen molar-refractivity contribution in [3.8, 4) is 45.2 Å². The molecule has 244 valence electrons. The Morgan fingerprint density at radius 1 is 0.549 bits per heavy atom. The number of aromatic nitrogens is 1. The minimum atomic E-state index is 0.289. The summed E-state index contributed by atoms with van der Waals surface area (Å²) < 4.78 is 16.4. The molecule has 0 amide bonds. The number of para-hydroxylation sites is 4. The third kappa shape index (κ3) is 5.04. The zero-order valence-electron chi connectivity index (χ0n) is 28.1. The molecule has 0 spiro atoms.